The number of hydrogen-bond acceptors (Lipinski definition) is 7. The molecule has 0 saturated carbocycles. The molecule has 0 aliphatic carbocycles. The first-order chi connectivity index (χ1) is 12.8. The molecule has 1 aromatic rings. The van der Waals surface area contributed by atoms with Crippen LogP contribution in [0.5, 0.6) is 5.75 Å². The van der Waals surface area contributed by atoms with Crippen LogP contribution in [0.15, 0.2) is 23.1 Å². The molecule has 0 bridgehead atoms. The van der Waals surface area contributed by atoms with E-state index in [0.29, 0.717) is 19.6 Å². The number of hydrogen-bond donors (Lipinski definition) is 1. The summed E-state index contributed by atoms with van der Waals surface area (Å²) in [4.78, 5) is 24.5. The zero-order valence-corrected chi connectivity index (χ0v) is 17.0. The maximum Gasteiger partial charge on any atom is 0.312 e. The Morgan fingerprint density at radius 2 is 1.96 bits per heavy atom. The van der Waals surface area contributed by atoms with E-state index in [2.05, 4.69) is 5.32 Å². The Hall–Kier alpha value is -1.95. The zero-order valence-electron chi connectivity index (χ0n) is 15.4. The van der Waals surface area contributed by atoms with Gasteiger partial charge in [-0.25, -0.2) is 8.42 Å². The van der Waals surface area contributed by atoms with Crippen molar-refractivity contribution in [2.24, 2.45) is 5.92 Å². The number of carbonyl (C=O) groups excluding carboxylic acids is 1. The minimum absolute atomic E-state index is 0. The number of piperazine rings is 1. The topological polar surface area (TPSA) is 122 Å². The summed E-state index contributed by atoms with van der Waals surface area (Å²) in [5.41, 5.74) is -0.402. The van der Waals surface area contributed by atoms with E-state index in [1.165, 1.54) is 23.5 Å². The molecule has 2 saturated heterocycles. The van der Waals surface area contributed by atoms with E-state index in [9.17, 15) is 23.3 Å². The van der Waals surface area contributed by atoms with Crippen LogP contribution in [0.4, 0.5) is 5.69 Å². The molecule has 2 fully saturated rings. The maximum absolute atomic E-state index is 12.8. The molecule has 1 aromatic carbocycles. The molecular weight excluding hydrogens is 412 g/mol. The van der Waals surface area contributed by atoms with Crippen LogP contribution in [0.2, 0.25) is 0 Å². The van der Waals surface area contributed by atoms with Crippen molar-refractivity contribution < 1.29 is 22.9 Å². The zero-order chi connectivity index (χ0) is 19.6. The van der Waals surface area contributed by atoms with Gasteiger partial charge in [0.25, 0.3) is 0 Å². The third-order valence-electron chi connectivity index (χ3n) is 4.94. The molecule has 0 spiro atoms. The quantitative estimate of drug-likeness (QED) is 0.527. The molecule has 2 aliphatic heterocycles. The van der Waals surface area contributed by atoms with Crippen LogP contribution in [0.1, 0.15) is 6.42 Å². The van der Waals surface area contributed by atoms with Crippen molar-refractivity contribution in [3.05, 3.63) is 28.3 Å². The number of methoxy groups -OCH3 is 1. The first kappa shape index (κ1) is 22.3. The first-order valence-electron chi connectivity index (χ1n) is 8.66. The Morgan fingerprint density at radius 1 is 1.29 bits per heavy atom. The maximum atomic E-state index is 12.8. The van der Waals surface area contributed by atoms with Gasteiger partial charge in [0.05, 0.1) is 22.8 Å². The number of nitrogens with one attached hydrogen (secondary N) is 1. The minimum Gasteiger partial charge on any atom is -0.490 e. The molecule has 0 aromatic heterocycles. The van der Waals surface area contributed by atoms with Crippen molar-refractivity contribution in [3.63, 3.8) is 0 Å². The number of sulfonamides is 1. The van der Waals surface area contributed by atoms with E-state index in [0.717, 1.165) is 19.0 Å². The molecule has 2 heterocycles. The highest BCUT2D eigenvalue weighted by molar-refractivity contribution is 7.89. The lowest BCUT2D eigenvalue weighted by atomic mass is 10.1. The number of carbonyl (C=O) groups is 1. The van der Waals surface area contributed by atoms with E-state index in [1.54, 1.807) is 4.90 Å². The van der Waals surface area contributed by atoms with Gasteiger partial charge in [-0.3, -0.25) is 14.9 Å². The molecule has 1 N–H and O–H groups in total. The molecule has 1 amide bonds. The van der Waals surface area contributed by atoms with Gasteiger partial charge in [0.2, 0.25) is 15.9 Å². The highest BCUT2D eigenvalue weighted by Crippen LogP contribution is 2.30. The Bertz CT molecular complexity index is 836. The summed E-state index contributed by atoms with van der Waals surface area (Å²) >= 11 is 0. The number of nitro benzene ring substituents is 1. The van der Waals surface area contributed by atoms with Crippen molar-refractivity contribution >= 4 is 34.0 Å². The number of rotatable bonds is 5. The van der Waals surface area contributed by atoms with Crippen LogP contribution in [-0.2, 0) is 14.8 Å². The summed E-state index contributed by atoms with van der Waals surface area (Å²) < 4.78 is 31.9. The number of nitrogens with zero attached hydrogens (tertiary/aromatic N) is 3. The van der Waals surface area contributed by atoms with E-state index >= 15 is 0 Å². The smallest absolute Gasteiger partial charge is 0.312 e. The van der Waals surface area contributed by atoms with Crippen LogP contribution >= 0.6 is 12.4 Å². The van der Waals surface area contributed by atoms with Gasteiger partial charge < -0.3 is 15.0 Å². The molecular formula is C16H23ClN4O6S. The van der Waals surface area contributed by atoms with E-state index < -0.39 is 20.6 Å². The Labute approximate surface area is 169 Å². The second kappa shape index (κ2) is 9.03. The molecule has 3 rings (SSSR count). The molecule has 12 heteroatoms. The van der Waals surface area contributed by atoms with Crippen LogP contribution in [0.3, 0.4) is 0 Å². The lowest BCUT2D eigenvalue weighted by molar-refractivity contribution is -0.386. The summed E-state index contributed by atoms with van der Waals surface area (Å²) in [5.74, 6) is 0.00840. The summed E-state index contributed by atoms with van der Waals surface area (Å²) in [6.07, 6.45) is 0.798. The van der Waals surface area contributed by atoms with Gasteiger partial charge in [0, 0.05) is 38.8 Å². The van der Waals surface area contributed by atoms with E-state index in [1.807, 2.05) is 0 Å². The Balaban J connectivity index is 0.00000280. The molecule has 2 aliphatic rings. The van der Waals surface area contributed by atoms with Gasteiger partial charge in [-0.15, -0.1) is 12.4 Å². The average molecular weight is 435 g/mol. The Morgan fingerprint density at radius 3 is 2.50 bits per heavy atom. The van der Waals surface area contributed by atoms with Gasteiger partial charge in [0.15, 0.2) is 5.75 Å². The van der Waals surface area contributed by atoms with E-state index in [-0.39, 0.29) is 48.0 Å². The van der Waals surface area contributed by atoms with Crippen molar-refractivity contribution in [1.82, 2.24) is 14.5 Å². The monoisotopic (exact) mass is 434 g/mol. The van der Waals surface area contributed by atoms with Gasteiger partial charge >= 0.3 is 5.69 Å². The molecule has 1 atom stereocenters. The first-order valence-corrected chi connectivity index (χ1v) is 10.1. The molecule has 0 radical (unpaired) electrons. The summed E-state index contributed by atoms with van der Waals surface area (Å²) in [6, 6.07) is 3.58. The number of amides is 1. The summed E-state index contributed by atoms with van der Waals surface area (Å²) in [7, 11) is -2.60. The molecule has 1 unspecified atom stereocenters. The fraction of sp³-hybridized carbons (Fsp3) is 0.562. The molecule has 28 heavy (non-hydrogen) atoms. The fourth-order valence-electron chi connectivity index (χ4n) is 3.39. The standard InChI is InChI=1S/C16H22N4O6S.ClH/c1-26-15-3-2-13(10-14(15)20(22)23)27(24,25)19-8-6-18(7-9-19)16(21)12-4-5-17-11-12;/h2-3,10,12,17H,4-9,11H2,1H3;1H. The predicted octanol–water partition coefficient (Wildman–Crippen LogP) is 0.468. The fourth-order valence-corrected chi connectivity index (χ4v) is 4.84. The second-order valence-corrected chi connectivity index (χ2v) is 8.45. The van der Waals surface area contributed by atoms with Gasteiger partial charge in [-0.1, -0.05) is 0 Å². The third-order valence-corrected chi connectivity index (χ3v) is 6.84. The Kier molecular flexibility index (Phi) is 7.21. The number of benzene rings is 1. The summed E-state index contributed by atoms with van der Waals surface area (Å²) in [6.45, 7) is 2.43. The molecule has 10 nitrogen and oxygen atoms in total. The normalized spacial score (nSPS) is 20.5. The third kappa shape index (κ3) is 4.37. The van der Waals surface area contributed by atoms with Gasteiger partial charge in [0.1, 0.15) is 0 Å². The minimum atomic E-state index is -3.89. The number of ether oxygens (including phenoxy) is 1. The largest absolute Gasteiger partial charge is 0.490 e. The predicted molar refractivity (Wildman–Crippen MR) is 103 cm³/mol. The average Bonchev–Trinajstić information content (AvgIpc) is 3.21. The number of nitro groups is 1. The van der Waals surface area contributed by atoms with Gasteiger partial charge in [-0.05, 0) is 25.1 Å². The highest BCUT2D eigenvalue weighted by Gasteiger charge is 2.34. The van der Waals surface area contributed by atoms with E-state index in [4.69, 9.17) is 4.74 Å². The lowest BCUT2D eigenvalue weighted by Crippen LogP contribution is -2.52. The van der Waals surface area contributed by atoms with Crippen LogP contribution in [-0.4, -0.2) is 74.8 Å². The van der Waals surface area contributed by atoms with Crippen LogP contribution in [0, 0.1) is 16.0 Å². The SMILES string of the molecule is COc1ccc(S(=O)(=O)N2CCN(C(=O)C3CCNC3)CC2)cc1[N+](=O)[O-].Cl. The molecule has 156 valence electrons. The van der Waals surface area contributed by atoms with Crippen LogP contribution in [0.25, 0.3) is 0 Å². The van der Waals surface area contributed by atoms with Crippen LogP contribution < -0.4 is 10.1 Å². The second-order valence-electron chi connectivity index (χ2n) is 6.51. The van der Waals surface area contributed by atoms with Crippen molar-refractivity contribution in [3.8, 4) is 5.75 Å². The lowest BCUT2D eigenvalue weighted by Gasteiger charge is -2.35. The van der Waals surface area contributed by atoms with Crippen molar-refractivity contribution in [2.45, 2.75) is 11.3 Å². The van der Waals surface area contributed by atoms with Gasteiger partial charge in [-0.2, -0.15) is 4.31 Å². The van der Waals surface area contributed by atoms with Crippen molar-refractivity contribution in [1.29, 1.82) is 0 Å². The highest BCUT2D eigenvalue weighted by atomic mass is 35.5. The number of halogens is 1. The van der Waals surface area contributed by atoms with Crippen molar-refractivity contribution in [2.75, 3.05) is 46.4 Å². The summed E-state index contributed by atoms with van der Waals surface area (Å²) in [5, 5.41) is 14.3.